The van der Waals surface area contributed by atoms with Gasteiger partial charge in [0.1, 0.15) is 17.9 Å². The summed E-state index contributed by atoms with van der Waals surface area (Å²) in [7, 11) is 0. The number of anilines is 1. The summed E-state index contributed by atoms with van der Waals surface area (Å²) in [5, 5.41) is 7.46. The maximum Gasteiger partial charge on any atom is 0.227 e. The van der Waals surface area contributed by atoms with Gasteiger partial charge in [0, 0.05) is 36.0 Å². The summed E-state index contributed by atoms with van der Waals surface area (Å²) in [6, 6.07) is 0.244. The molecule has 1 N–H and O–H groups in total. The van der Waals surface area contributed by atoms with Crippen LogP contribution in [0.3, 0.4) is 0 Å². The molecular weight excluding hydrogens is 318 g/mol. The molecule has 0 aromatic carbocycles. The van der Waals surface area contributed by atoms with E-state index in [0.717, 1.165) is 55.1 Å². The van der Waals surface area contributed by atoms with Gasteiger partial charge in [0.05, 0.1) is 12.1 Å². The van der Waals surface area contributed by atoms with E-state index >= 15 is 0 Å². The second-order valence-corrected chi connectivity index (χ2v) is 6.95. The predicted octanol–water partition coefficient (Wildman–Crippen LogP) is 1.83. The Balaban J connectivity index is 1.39. The molecule has 2 aliphatic rings. The molecule has 0 radical (unpaired) electrons. The number of aromatic nitrogens is 3. The van der Waals surface area contributed by atoms with E-state index in [1.54, 1.807) is 6.33 Å². The fraction of sp³-hybridized carbons (Fsp3) is 0.556. The number of carbonyl (C=O) groups excluding carboxylic acids is 1. The molecule has 1 atom stereocenters. The minimum absolute atomic E-state index is 0.131. The minimum Gasteiger partial charge on any atom is -0.365 e. The SMILES string of the molecule is Cc1noc(C)c1CC(=O)N1CC[C@H](Nc2ncnc3c2CCC3)C1. The summed E-state index contributed by atoms with van der Waals surface area (Å²) >= 11 is 0. The highest BCUT2D eigenvalue weighted by Crippen LogP contribution is 2.27. The first-order valence-corrected chi connectivity index (χ1v) is 8.90. The van der Waals surface area contributed by atoms with Crippen LogP contribution in [0.4, 0.5) is 5.82 Å². The summed E-state index contributed by atoms with van der Waals surface area (Å²) in [6.07, 6.45) is 6.17. The molecule has 25 heavy (non-hydrogen) atoms. The lowest BCUT2D eigenvalue weighted by Crippen LogP contribution is -2.33. The first kappa shape index (κ1) is 16.1. The van der Waals surface area contributed by atoms with Gasteiger partial charge in [0.15, 0.2) is 0 Å². The van der Waals surface area contributed by atoms with Crippen molar-refractivity contribution in [2.75, 3.05) is 18.4 Å². The van der Waals surface area contributed by atoms with E-state index in [4.69, 9.17) is 4.52 Å². The van der Waals surface area contributed by atoms with E-state index in [0.29, 0.717) is 13.0 Å². The van der Waals surface area contributed by atoms with Crippen molar-refractivity contribution in [2.45, 2.75) is 52.0 Å². The zero-order valence-electron chi connectivity index (χ0n) is 14.7. The van der Waals surface area contributed by atoms with Crippen LogP contribution in [0.15, 0.2) is 10.9 Å². The van der Waals surface area contributed by atoms with Crippen LogP contribution in [0.1, 0.15) is 41.1 Å². The molecule has 3 heterocycles. The highest BCUT2D eigenvalue weighted by molar-refractivity contribution is 5.79. The third-order valence-corrected chi connectivity index (χ3v) is 5.27. The molecule has 4 rings (SSSR count). The van der Waals surface area contributed by atoms with Gasteiger partial charge >= 0.3 is 0 Å². The van der Waals surface area contributed by atoms with E-state index in [1.165, 1.54) is 11.3 Å². The van der Waals surface area contributed by atoms with Gasteiger partial charge in [-0.25, -0.2) is 9.97 Å². The highest BCUT2D eigenvalue weighted by Gasteiger charge is 2.28. The van der Waals surface area contributed by atoms with Crippen molar-refractivity contribution in [3.8, 4) is 0 Å². The molecule has 0 unspecified atom stereocenters. The number of carbonyl (C=O) groups is 1. The Hall–Kier alpha value is -2.44. The summed E-state index contributed by atoms with van der Waals surface area (Å²) in [5.41, 5.74) is 4.14. The summed E-state index contributed by atoms with van der Waals surface area (Å²) < 4.78 is 5.15. The summed E-state index contributed by atoms with van der Waals surface area (Å²) in [5.74, 6) is 1.82. The molecule has 1 saturated heterocycles. The van der Waals surface area contributed by atoms with Gasteiger partial charge in [0.2, 0.25) is 5.91 Å². The Labute approximate surface area is 146 Å². The first-order chi connectivity index (χ1) is 12.1. The number of nitrogens with one attached hydrogen (secondary N) is 1. The van der Waals surface area contributed by atoms with Gasteiger partial charge in [-0.05, 0) is 39.5 Å². The standard InChI is InChI=1S/C18H23N5O2/c1-11-15(12(2)25-22-11)8-17(24)23-7-6-13(9-23)21-18-14-4-3-5-16(14)19-10-20-18/h10,13H,3-9H2,1-2H3,(H,19,20,21)/t13-/m0/s1. The lowest BCUT2D eigenvalue weighted by atomic mass is 10.1. The van der Waals surface area contributed by atoms with E-state index < -0.39 is 0 Å². The average molecular weight is 341 g/mol. The number of aryl methyl sites for hydroxylation is 3. The molecule has 1 aliphatic carbocycles. The average Bonchev–Trinajstić information content (AvgIpc) is 3.32. The third kappa shape index (κ3) is 3.10. The van der Waals surface area contributed by atoms with Crippen molar-refractivity contribution in [3.05, 3.63) is 34.6 Å². The molecule has 1 aliphatic heterocycles. The van der Waals surface area contributed by atoms with Crippen molar-refractivity contribution in [1.82, 2.24) is 20.0 Å². The lowest BCUT2D eigenvalue weighted by molar-refractivity contribution is -0.129. The largest absolute Gasteiger partial charge is 0.365 e. The fourth-order valence-electron chi connectivity index (χ4n) is 3.80. The van der Waals surface area contributed by atoms with Crippen molar-refractivity contribution < 1.29 is 9.32 Å². The van der Waals surface area contributed by atoms with E-state index in [-0.39, 0.29) is 11.9 Å². The number of rotatable bonds is 4. The van der Waals surface area contributed by atoms with E-state index in [2.05, 4.69) is 20.4 Å². The molecule has 2 aromatic heterocycles. The molecule has 7 heteroatoms. The molecule has 0 saturated carbocycles. The van der Waals surface area contributed by atoms with E-state index in [1.807, 2.05) is 18.7 Å². The van der Waals surface area contributed by atoms with Crippen molar-refractivity contribution >= 4 is 11.7 Å². The zero-order valence-corrected chi connectivity index (χ0v) is 14.7. The molecule has 1 amide bonds. The van der Waals surface area contributed by atoms with Gasteiger partial charge < -0.3 is 14.7 Å². The lowest BCUT2D eigenvalue weighted by Gasteiger charge is -2.18. The van der Waals surface area contributed by atoms with Crippen LogP contribution >= 0.6 is 0 Å². The number of likely N-dealkylation sites (tertiary alicyclic amines) is 1. The van der Waals surface area contributed by atoms with E-state index in [9.17, 15) is 4.79 Å². The Bertz CT molecular complexity index is 781. The smallest absolute Gasteiger partial charge is 0.227 e. The minimum atomic E-state index is 0.131. The molecule has 132 valence electrons. The number of nitrogens with zero attached hydrogens (tertiary/aromatic N) is 4. The molecular formula is C18H23N5O2. The van der Waals surface area contributed by atoms with Crippen LogP contribution < -0.4 is 5.32 Å². The maximum absolute atomic E-state index is 12.6. The first-order valence-electron chi connectivity index (χ1n) is 8.90. The molecule has 1 fully saturated rings. The van der Waals surface area contributed by atoms with Gasteiger partial charge in [-0.1, -0.05) is 5.16 Å². The molecule has 7 nitrogen and oxygen atoms in total. The summed E-state index contributed by atoms with van der Waals surface area (Å²) in [6.45, 7) is 5.21. The normalized spacial score (nSPS) is 19.3. The second kappa shape index (κ2) is 6.46. The van der Waals surface area contributed by atoms with Crippen molar-refractivity contribution in [1.29, 1.82) is 0 Å². The topological polar surface area (TPSA) is 84.2 Å². The quantitative estimate of drug-likeness (QED) is 0.913. The Morgan fingerprint density at radius 1 is 1.36 bits per heavy atom. The number of fused-ring (bicyclic) bond motifs is 1. The van der Waals surface area contributed by atoms with Crippen LogP contribution in [-0.2, 0) is 24.1 Å². The van der Waals surface area contributed by atoms with Crippen LogP contribution in [0.2, 0.25) is 0 Å². The Morgan fingerprint density at radius 3 is 3.04 bits per heavy atom. The predicted molar refractivity (Wildman–Crippen MR) is 92.3 cm³/mol. The second-order valence-electron chi connectivity index (χ2n) is 6.95. The number of hydrogen-bond donors (Lipinski definition) is 1. The monoisotopic (exact) mass is 341 g/mol. The van der Waals surface area contributed by atoms with Crippen molar-refractivity contribution in [2.24, 2.45) is 0 Å². The van der Waals surface area contributed by atoms with Crippen LogP contribution in [-0.4, -0.2) is 45.1 Å². The van der Waals surface area contributed by atoms with Gasteiger partial charge in [0.25, 0.3) is 0 Å². The molecule has 2 aromatic rings. The summed E-state index contributed by atoms with van der Waals surface area (Å²) in [4.78, 5) is 23.3. The highest BCUT2D eigenvalue weighted by atomic mass is 16.5. The third-order valence-electron chi connectivity index (χ3n) is 5.27. The molecule has 0 spiro atoms. The number of amides is 1. The van der Waals surface area contributed by atoms with Crippen LogP contribution in [0, 0.1) is 13.8 Å². The molecule has 0 bridgehead atoms. The van der Waals surface area contributed by atoms with Crippen LogP contribution in [0.25, 0.3) is 0 Å². The van der Waals surface area contributed by atoms with Gasteiger partial charge in [-0.15, -0.1) is 0 Å². The number of hydrogen-bond acceptors (Lipinski definition) is 6. The Morgan fingerprint density at radius 2 is 2.24 bits per heavy atom. The van der Waals surface area contributed by atoms with Gasteiger partial charge in [-0.3, -0.25) is 4.79 Å². The fourth-order valence-corrected chi connectivity index (χ4v) is 3.80. The maximum atomic E-state index is 12.6. The zero-order chi connectivity index (χ0) is 17.4. The van der Waals surface area contributed by atoms with Crippen LogP contribution in [0.5, 0.6) is 0 Å². The Kier molecular flexibility index (Phi) is 4.15. The van der Waals surface area contributed by atoms with Crippen molar-refractivity contribution in [3.63, 3.8) is 0 Å². The van der Waals surface area contributed by atoms with Gasteiger partial charge in [-0.2, -0.15) is 0 Å².